The second kappa shape index (κ2) is 7.78. The van der Waals surface area contributed by atoms with Gasteiger partial charge in [0.15, 0.2) is 0 Å². The van der Waals surface area contributed by atoms with Gasteiger partial charge in [-0.3, -0.25) is 4.79 Å². The highest BCUT2D eigenvalue weighted by Crippen LogP contribution is 2.20. The normalized spacial score (nSPS) is 10.4. The fraction of sp³-hybridized carbons (Fsp3) is 0.190. The molecule has 0 atom stereocenters. The first-order valence-corrected chi connectivity index (χ1v) is 8.52. The highest BCUT2D eigenvalue weighted by molar-refractivity contribution is 6.03. The van der Waals surface area contributed by atoms with Gasteiger partial charge in [-0.25, -0.2) is 9.97 Å². The lowest BCUT2D eigenvalue weighted by molar-refractivity contribution is 0.102. The van der Waals surface area contributed by atoms with Crippen LogP contribution in [0.2, 0.25) is 0 Å². The molecule has 132 valence electrons. The fourth-order valence-electron chi connectivity index (χ4n) is 2.62. The van der Waals surface area contributed by atoms with Crippen LogP contribution in [0.5, 0.6) is 0 Å². The molecule has 3 aromatic rings. The predicted octanol–water partition coefficient (Wildman–Crippen LogP) is 4.27. The number of carbonyl (C=O) groups excluding carboxylic acids is 1. The summed E-state index contributed by atoms with van der Waals surface area (Å²) in [5.41, 5.74) is 5.53. The summed E-state index contributed by atoms with van der Waals surface area (Å²) in [7, 11) is 0. The van der Waals surface area contributed by atoms with E-state index in [4.69, 9.17) is 0 Å². The average Bonchev–Trinajstić information content (AvgIpc) is 2.65. The zero-order chi connectivity index (χ0) is 18.5. The Balaban J connectivity index is 1.63. The molecule has 2 N–H and O–H groups in total. The first kappa shape index (κ1) is 17.6. The number of anilines is 2. The minimum atomic E-state index is -0.264. The number of nitrogens with zero attached hydrogens (tertiary/aromatic N) is 2. The van der Waals surface area contributed by atoms with Gasteiger partial charge in [-0.05, 0) is 37.5 Å². The van der Waals surface area contributed by atoms with Gasteiger partial charge >= 0.3 is 0 Å². The lowest BCUT2D eigenvalue weighted by Gasteiger charge is -2.11. The highest BCUT2D eigenvalue weighted by atomic mass is 16.1. The molecular formula is C21H22N4O. The van der Waals surface area contributed by atoms with Crippen molar-refractivity contribution in [3.8, 4) is 0 Å². The van der Waals surface area contributed by atoms with E-state index in [0.717, 1.165) is 22.4 Å². The molecule has 0 aliphatic heterocycles. The number of benzene rings is 2. The summed E-state index contributed by atoms with van der Waals surface area (Å²) in [5.74, 6) is 0.370. The Labute approximate surface area is 153 Å². The first-order valence-electron chi connectivity index (χ1n) is 8.52. The van der Waals surface area contributed by atoms with E-state index in [1.165, 1.54) is 11.8 Å². The molecule has 5 nitrogen and oxygen atoms in total. The minimum Gasteiger partial charge on any atom is -0.365 e. The van der Waals surface area contributed by atoms with Crippen LogP contribution in [0.3, 0.4) is 0 Å². The number of hydrogen-bond donors (Lipinski definition) is 2. The number of rotatable bonds is 5. The van der Waals surface area contributed by atoms with E-state index < -0.39 is 0 Å². The molecule has 3 rings (SSSR count). The Hall–Kier alpha value is -3.21. The summed E-state index contributed by atoms with van der Waals surface area (Å²) in [5, 5.41) is 6.12. The van der Waals surface area contributed by atoms with E-state index in [1.807, 2.05) is 32.0 Å². The van der Waals surface area contributed by atoms with Crippen molar-refractivity contribution in [2.45, 2.75) is 27.3 Å². The third kappa shape index (κ3) is 4.25. The van der Waals surface area contributed by atoms with E-state index in [0.29, 0.717) is 12.4 Å². The Morgan fingerprint density at radius 1 is 0.923 bits per heavy atom. The van der Waals surface area contributed by atoms with Crippen molar-refractivity contribution in [1.29, 1.82) is 0 Å². The molecular weight excluding hydrogens is 324 g/mol. The number of para-hydroxylation sites is 1. The number of nitrogens with one attached hydrogen (secondary N) is 2. The monoisotopic (exact) mass is 346 g/mol. The third-order valence-corrected chi connectivity index (χ3v) is 4.20. The molecule has 1 amide bonds. The van der Waals surface area contributed by atoms with Crippen molar-refractivity contribution >= 4 is 17.4 Å². The molecule has 2 aromatic carbocycles. The quantitative estimate of drug-likeness (QED) is 0.724. The van der Waals surface area contributed by atoms with Gasteiger partial charge in [0.25, 0.3) is 5.91 Å². The van der Waals surface area contributed by atoms with Gasteiger partial charge in [0.1, 0.15) is 11.5 Å². The predicted molar refractivity (Wildman–Crippen MR) is 104 cm³/mol. The fourth-order valence-corrected chi connectivity index (χ4v) is 2.62. The molecule has 0 radical (unpaired) electrons. The van der Waals surface area contributed by atoms with Crippen LogP contribution in [0, 0.1) is 20.8 Å². The van der Waals surface area contributed by atoms with E-state index >= 15 is 0 Å². The Morgan fingerprint density at radius 3 is 2.23 bits per heavy atom. The molecule has 26 heavy (non-hydrogen) atoms. The molecule has 0 aliphatic carbocycles. The maximum atomic E-state index is 12.4. The van der Waals surface area contributed by atoms with Crippen LogP contribution in [0.15, 0.2) is 54.9 Å². The number of aryl methyl sites for hydroxylation is 3. The molecule has 0 fully saturated rings. The van der Waals surface area contributed by atoms with Crippen molar-refractivity contribution in [2.24, 2.45) is 0 Å². The van der Waals surface area contributed by atoms with Gasteiger partial charge in [0.2, 0.25) is 0 Å². The topological polar surface area (TPSA) is 66.9 Å². The number of aromatic nitrogens is 2. The Kier molecular flexibility index (Phi) is 5.27. The molecule has 0 unspecified atom stereocenters. The highest BCUT2D eigenvalue weighted by Gasteiger charge is 2.11. The Morgan fingerprint density at radius 2 is 1.62 bits per heavy atom. The van der Waals surface area contributed by atoms with E-state index in [-0.39, 0.29) is 11.6 Å². The van der Waals surface area contributed by atoms with Crippen molar-refractivity contribution in [1.82, 2.24) is 9.97 Å². The molecule has 5 heteroatoms. The third-order valence-electron chi connectivity index (χ3n) is 4.20. The Bertz CT molecular complexity index is 882. The van der Waals surface area contributed by atoms with Crippen LogP contribution < -0.4 is 10.6 Å². The second-order valence-corrected chi connectivity index (χ2v) is 6.35. The number of amides is 1. The van der Waals surface area contributed by atoms with Crippen LogP contribution in [-0.4, -0.2) is 15.9 Å². The van der Waals surface area contributed by atoms with Gasteiger partial charge in [0, 0.05) is 12.2 Å². The smallest absolute Gasteiger partial charge is 0.275 e. The lowest BCUT2D eigenvalue weighted by atomic mass is 10.1. The lowest BCUT2D eigenvalue weighted by Crippen LogP contribution is -2.16. The van der Waals surface area contributed by atoms with Crippen LogP contribution >= 0.6 is 0 Å². The number of hydrogen-bond acceptors (Lipinski definition) is 4. The van der Waals surface area contributed by atoms with Crippen LogP contribution in [0.4, 0.5) is 11.5 Å². The largest absolute Gasteiger partial charge is 0.365 e. The summed E-state index contributed by atoms with van der Waals surface area (Å²) < 4.78 is 0. The standard InChI is InChI=1S/C21H22N4O/c1-14-7-9-17(10-8-14)11-23-19-13-22-18(12-24-19)21(26)25-20-15(2)5-4-6-16(20)3/h4-10,12-13H,11H2,1-3H3,(H,23,24)(H,25,26). The number of carbonyl (C=O) groups is 1. The zero-order valence-electron chi connectivity index (χ0n) is 15.2. The molecule has 0 saturated carbocycles. The first-order chi connectivity index (χ1) is 12.5. The van der Waals surface area contributed by atoms with Gasteiger partial charge in [-0.15, -0.1) is 0 Å². The van der Waals surface area contributed by atoms with Crippen molar-refractivity contribution < 1.29 is 4.79 Å². The summed E-state index contributed by atoms with van der Waals surface area (Å²) >= 11 is 0. The van der Waals surface area contributed by atoms with Crippen LogP contribution in [0.1, 0.15) is 32.7 Å². The van der Waals surface area contributed by atoms with Crippen molar-refractivity contribution in [3.05, 3.63) is 82.8 Å². The molecule has 0 bridgehead atoms. The maximum Gasteiger partial charge on any atom is 0.275 e. The molecule has 0 saturated heterocycles. The van der Waals surface area contributed by atoms with Gasteiger partial charge in [-0.1, -0.05) is 48.0 Å². The van der Waals surface area contributed by atoms with Crippen LogP contribution in [-0.2, 0) is 6.54 Å². The van der Waals surface area contributed by atoms with Gasteiger partial charge < -0.3 is 10.6 Å². The summed E-state index contributed by atoms with van der Waals surface area (Å²) in [6, 6.07) is 14.2. The summed E-state index contributed by atoms with van der Waals surface area (Å²) in [6.07, 6.45) is 3.06. The van der Waals surface area contributed by atoms with E-state index in [2.05, 4.69) is 51.8 Å². The van der Waals surface area contributed by atoms with Crippen LogP contribution in [0.25, 0.3) is 0 Å². The molecule has 1 aromatic heterocycles. The van der Waals surface area contributed by atoms with Gasteiger partial charge in [0.05, 0.1) is 12.4 Å². The van der Waals surface area contributed by atoms with Crippen molar-refractivity contribution in [3.63, 3.8) is 0 Å². The SMILES string of the molecule is Cc1ccc(CNc2cnc(C(=O)Nc3c(C)cccc3C)cn2)cc1. The van der Waals surface area contributed by atoms with E-state index in [9.17, 15) is 4.79 Å². The molecule has 0 aliphatic rings. The summed E-state index contributed by atoms with van der Waals surface area (Å²) in [6.45, 7) is 6.65. The summed E-state index contributed by atoms with van der Waals surface area (Å²) in [4.78, 5) is 20.9. The second-order valence-electron chi connectivity index (χ2n) is 6.35. The van der Waals surface area contributed by atoms with Crippen molar-refractivity contribution in [2.75, 3.05) is 10.6 Å². The van der Waals surface area contributed by atoms with Gasteiger partial charge in [-0.2, -0.15) is 0 Å². The molecule has 0 spiro atoms. The average molecular weight is 346 g/mol. The molecule has 1 heterocycles. The zero-order valence-corrected chi connectivity index (χ0v) is 15.2. The minimum absolute atomic E-state index is 0.264. The van der Waals surface area contributed by atoms with E-state index in [1.54, 1.807) is 6.20 Å². The maximum absolute atomic E-state index is 12.4.